The minimum absolute atomic E-state index is 0.0918. The van der Waals surface area contributed by atoms with E-state index in [1.54, 1.807) is 0 Å². The highest BCUT2D eigenvalue weighted by Crippen LogP contribution is 2.40. The predicted molar refractivity (Wildman–Crippen MR) is 80.6 cm³/mol. The molecule has 1 saturated carbocycles. The van der Waals surface area contributed by atoms with Crippen molar-refractivity contribution in [2.75, 3.05) is 6.54 Å². The van der Waals surface area contributed by atoms with Gasteiger partial charge in [-0.2, -0.15) is 0 Å². The van der Waals surface area contributed by atoms with E-state index in [9.17, 15) is 4.79 Å². The smallest absolute Gasteiger partial charge is 0.228 e. The number of halogens is 1. The second-order valence-electron chi connectivity index (χ2n) is 5.92. The number of nitrogens with two attached hydrogens (primary N) is 1. The fourth-order valence-corrected chi connectivity index (χ4v) is 2.75. The van der Waals surface area contributed by atoms with Gasteiger partial charge in [0.05, 0.1) is 11.0 Å². The lowest BCUT2D eigenvalue weighted by Gasteiger charge is -2.41. The molecule has 1 amide bonds. The topological polar surface area (TPSA) is 55.1 Å². The first kappa shape index (κ1) is 14.5. The molecule has 104 valence electrons. The van der Waals surface area contributed by atoms with E-state index >= 15 is 0 Å². The van der Waals surface area contributed by atoms with Crippen LogP contribution in [-0.2, 0) is 10.3 Å². The van der Waals surface area contributed by atoms with Crippen LogP contribution in [0.3, 0.4) is 0 Å². The van der Waals surface area contributed by atoms with Crippen LogP contribution in [0.4, 0.5) is 0 Å². The summed E-state index contributed by atoms with van der Waals surface area (Å²) in [6, 6.07) is 8.04. The van der Waals surface area contributed by atoms with Gasteiger partial charge in [-0.1, -0.05) is 34.5 Å². The number of hydrogen-bond acceptors (Lipinski definition) is 2. The molecule has 1 aliphatic carbocycles. The lowest BCUT2D eigenvalue weighted by atomic mass is 9.67. The van der Waals surface area contributed by atoms with Crippen molar-refractivity contribution >= 4 is 21.8 Å². The van der Waals surface area contributed by atoms with Gasteiger partial charge in [-0.25, -0.2) is 0 Å². The van der Waals surface area contributed by atoms with E-state index in [1.807, 2.05) is 38.1 Å². The Morgan fingerprint density at radius 3 is 2.37 bits per heavy atom. The van der Waals surface area contributed by atoms with Crippen LogP contribution in [0.15, 0.2) is 28.7 Å². The number of carbonyl (C=O) groups is 1. The Morgan fingerprint density at radius 1 is 1.37 bits per heavy atom. The van der Waals surface area contributed by atoms with Crippen molar-refractivity contribution in [3.05, 3.63) is 34.3 Å². The first-order valence-electron chi connectivity index (χ1n) is 6.68. The number of hydrogen-bond donors (Lipinski definition) is 2. The Labute approximate surface area is 123 Å². The van der Waals surface area contributed by atoms with Gasteiger partial charge >= 0.3 is 0 Å². The average Bonchev–Trinajstić information content (AvgIpc) is 2.28. The lowest BCUT2D eigenvalue weighted by Crippen LogP contribution is -2.54. The van der Waals surface area contributed by atoms with Crippen molar-refractivity contribution in [3.63, 3.8) is 0 Å². The lowest BCUT2D eigenvalue weighted by molar-refractivity contribution is -0.137. The number of rotatable bonds is 4. The summed E-state index contributed by atoms with van der Waals surface area (Å²) in [6.07, 6.45) is 2.92. The van der Waals surface area contributed by atoms with Gasteiger partial charge in [0.15, 0.2) is 0 Å². The predicted octanol–water partition coefficient (Wildman–Crippen LogP) is 2.93. The zero-order valence-electron chi connectivity index (χ0n) is 11.5. The van der Waals surface area contributed by atoms with E-state index < -0.39 is 0 Å². The Bertz CT molecular complexity index is 458. The average molecular weight is 325 g/mol. The summed E-state index contributed by atoms with van der Waals surface area (Å²) in [7, 11) is 0. The van der Waals surface area contributed by atoms with Crippen molar-refractivity contribution in [3.8, 4) is 0 Å². The van der Waals surface area contributed by atoms with E-state index in [1.165, 1.54) is 0 Å². The van der Waals surface area contributed by atoms with Crippen LogP contribution in [0.1, 0.15) is 38.7 Å². The van der Waals surface area contributed by atoms with Gasteiger partial charge in [0.25, 0.3) is 0 Å². The number of nitrogens with one attached hydrogen (secondary N) is 1. The summed E-state index contributed by atoms with van der Waals surface area (Å²) in [5.74, 6) is 0.0918. The molecule has 0 aromatic heterocycles. The van der Waals surface area contributed by atoms with Crippen molar-refractivity contribution < 1.29 is 4.79 Å². The third-order valence-electron chi connectivity index (χ3n) is 4.18. The molecule has 1 aromatic carbocycles. The summed E-state index contributed by atoms with van der Waals surface area (Å²) in [5, 5.41) is 3.15. The first-order valence-corrected chi connectivity index (χ1v) is 7.48. The maximum atomic E-state index is 12.4. The monoisotopic (exact) mass is 324 g/mol. The summed E-state index contributed by atoms with van der Waals surface area (Å²) < 4.78 is 1.04. The molecule has 0 aliphatic heterocycles. The van der Waals surface area contributed by atoms with Crippen molar-refractivity contribution in [2.45, 2.75) is 38.6 Å². The fraction of sp³-hybridized carbons (Fsp3) is 0.533. The van der Waals surface area contributed by atoms with Gasteiger partial charge in [-0.3, -0.25) is 4.79 Å². The molecule has 0 spiro atoms. The second-order valence-corrected chi connectivity index (χ2v) is 6.84. The molecule has 4 heteroatoms. The highest BCUT2D eigenvalue weighted by atomic mass is 79.9. The molecule has 1 aromatic rings. The van der Waals surface area contributed by atoms with Crippen LogP contribution in [0, 0.1) is 5.41 Å². The minimum Gasteiger partial charge on any atom is -0.347 e. The third-order valence-corrected chi connectivity index (χ3v) is 4.70. The molecule has 0 heterocycles. The summed E-state index contributed by atoms with van der Waals surface area (Å²) in [5.41, 5.74) is 6.17. The summed E-state index contributed by atoms with van der Waals surface area (Å²) >= 11 is 3.42. The molecule has 1 aliphatic rings. The van der Waals surface area contributed by atoms with E-state index in [0.29, 0.717) is 6.54 Å². The highest BCUT2D eigenvalue weighted by Gasteiger charge is 2.44. The number of carbonyl (C=O) groups excluding carboxylic acids is 1. The molecule has 0 saturated heterocycles. The Morgan fingerprint density at radius 2 is 1.95 bits per heavy atom. The van der Waals surface area contributed by atoms with E-state index in [0.717, 1.165) is 29.3 Å². The molecule has 3 N–H and O–H groups in total. The van der Waals surface area contributed by atoms with Crippen molar-refractivity contribution in [1.82, 2.24) is 5.32 Å². The van der Waals surface area contributed by atoms with Crippen LogP contribution >= 0.6 is 15.9 Å². The Hall–Kier alpha value is -0.870. The fourth-order valence-electron chi connectivity index (χ4n) is 2.48. The molecule has 0 atom stereocenters. The maximum absolute atomic E-state index is 12.4. The molecular weight excluding hydrogens is 304 g/mol. The van der Waals surface area contributed by atoms with Gasteiger partial charge < -0.3 is 11.1 Å². The normalized spacial score (nSPS) is 17.7. The SMILES string of the molecule is CC(C)(NC(=O)C1(CN)CCC1)c1ccc(Br)cc1. The molecule has 0 unspecified atom stereocenters. The van der Waals surface area contributed by atoms with Gasteiger partial charge in [0.2, 0.25) is 5.91 Å². The molecule has 19 heavy (non-hydrogen) atoms. The number of amides is 1. The highest BCUT2D eigenvalue weighted by molar-refractivity contribution is 9.10. The van der Waals surface area contributed by atoms with Crippen molar-refractivity contribution in [1.29, 1.82) is 0 Å². The van der Waals surface area contributed by atoms with Crippen molar-refractivity contribution in [2.24, 2.45) is 11.1 Å². The van der Waals surface area contributed by atoms with Crippen LogP contribution in [0.25, 0.3) is 0 Å². The molecule has 3 nitrogen and oxygen atoms in total. The van der Waals surface area contributed by atoms with Crippen LogP contribution in [0.2, 0.25) is 0 Å². The third kappa shape index (κ3) is 2.84. The molecule has 1 fully saturated rings. The minimum atomic E-state index is -0.379. The van der Waals surface area contributed by atoms with Gasteiger partial charge in [-0.05, 0) is 44.4 Å². The van der Waals surface area contributed by atoms with E-state index in [2.05, 4.69) is 21.2 Å². The molecular formula is C15H21BrN2O. The molecule has 2 rings (SSSR count). The summed E-state index contributed by atoms with van der Waals surface area (Å²) in [6.45, 7) is 4.49. The number of benzene rings is 1. The van der Waals surface area contributed by atoms with E-state index in [-0.39, 0.29) is 16.9 Å². The summed E-state index contributed by atoms with van der Waals surface area (Å²) in [4.78, 5) is 12.4. The second kappa shape index (κ2) is 5.25. The molecule has 0 bridgehead atoms. The Kier molecular flexibility index (Phi) is 4.02. The van der Waals surface area contributed by atoms with Gasteiger partial charge in [-0.15, -0.1) is 0 Å². The standard InChI is InChI=1S/C15H21BrN2O/c1-14(2,11-4-6-12(16)7-5-11)18-13(19)15(10-17)8-3-9-15/h4-7H,3,8-10,17H2,1-2H3,(H,18,19). The molecule has 0 radical (unpaired) electrons. The quantitative estimate of drug-likeness (QED) is 0.894. The zero-order chi connectivity index (χ0) is 14.1. The first-order chi connectivity index (χ1) is 8.89. The van der Waals surface area contributed by atoms with E-state index in [4.69, 9.17) is 5.73 Å². The van der Waals surface area contributed by atoms with Gasteiger partial charge in [0.1, 0.15) is 0 Å². The van der Waals surface area contributed by atoms with Gasteiger partial charge in [0, 0.05) is 11.0 Å². The van der Waals surface area contributed by atoms with Crippen LogP contribution < -0.4 is 11.1 Å². The maximum Gasteiger partial charge on any atom is 0.228 e. The largest absolute Gasteiger partial charge is 0.347 e. The van der Waals surface area contributed by atoms with Crippen LogP contribution in [-0.4, -0.2) is 12.5 Å². The zero-order valence-corrected chi connectivity index (χ0v) is 13.1. The Balaban J connectivity index is 2.12. The van der Waals surface area contributed by atoms with Crippen LogP contribution in [0.5, 0.6) is 0 Å².